The molecule has 76 valence electrons. The first-order valence-electron chi connectivity index (χ1n) is 4.64. The van der Waals surface area contributed by atoms with E-state index in [9.17, 15) is 8.42 Å². The maximum atomic E-state index is 11.6. The molecule has 0 amide bonds. The van der Waals surface area contributed by atoms with Crippen LogP contribution in [0.15, 0.2) is 10.2 Å². The van der Waals surface area contributed by atoms with Crippen LogP contribution < -0.4 is 0 Å². The summed E-state index contributed by atoms with van der Waals surface area (Å²) in [5, 5.41) is 6.86. The summed E-state index contributed by atoms with van der Waals surface area (Å²) in [4.78, 5) is 0. The van der Waals surface area contributed by atoms with Crippen LogP contribution in [0.4, 0.5) is 0 Å². The van der Waals surface area contributed by atoms with Crippen molar-refractivity contribution in [3.63, 3.8) is 0 Å². The molecule has 4 nitrogen and oxygen atoms in total. The molecule has 0 aromatic carbocycles. The summed E-state index contributed by atoms with van der Waals surface area (Å²) in [7, 11) is -1.51. The average molecular weight is 204 g/mol. The summed E-state index contributed by atoms with van der Waals surface area (Å²) < 4.78 is 23.2. The Labute approximate surface area is 79.4 Å². The van der Waals surface area contributed by atoms with Crippen molar-refractivity contribution < 1.29 is 8.42 Å². The SMILES string of the molecule is CN=NCS(=O)(=O)C1CCCCC1. The van der Waals surface area contributed by atoms with Crippen LogP contribution in [-0.2, 0) is 9.84 Å². The lowest BCUT2D eigenvalue weighted by atomic mass is 10.0. The van der Waals surface area contributed by atoms with Gasteiger partial charge in [0.2, 0.25) is 0 Å². The zero-order valence-corrected chi connectivity index (χ0v) is 8.76. The fourth-order valence-corrected chi connectivity index (χ4v) is 3.21. The zero-order chi connectivity index (χ0) is 9.73. The van der Waals surface area contributed by atoms with Gasteiger partial charge in [-0.3, -0.25) is 0 Å². The molecule has 1 aliphatic rings. The Bertz CT molecular complexity index is 266. The molecule has 0 aromatic heterocycles. The van der Waals surface area contributed by atoms with Crippen LogP contribution in [0.5, 0.6) is 0 Å². The minimum atomic E-state index is -3.01. The fraction of sp³-hybridized carbons (Fsp3) is 1.00. The van der Waals surface area contributed by atoms with Crippen molar-refractivity contribution in [2.45, 2.75) is 37.4 Å². The van der Waals surface area contributed by atoms with Gasteiger partial charge in [0.05, 0.1) is 5.25 Å². The lowest BCUT2D eigenvalue weighted by Crippen LogP contribution is -2.25. The zero-order valence-electron chi connectivity index (χ0n) is 7.94. The first-order chi connectivity index (χ1) is 6.17. The van der Waals surface area contributed by atoms with E-state index in [2.05, 4.69) is 10.2 Å². The number of azo groups is 1. The Morgan fingerprint density at radius 3 is 2.38 bits per heavy atom. The number of rotatable bonds is 3. The van der Waals surface area contributed by atoms with Crippen LogP contribution >= 0.6 is 0 Å². The quantitative estimate of drug-likeness (QED) is 0.658. The normalized spacial score (nSPS) is 21.0. The van der Waals surface area contributed by atoms with E-state index >= 15 is 0 Å². The van der Waals surface area contributed by atoms with Crippen molar-refractivity contribution >= 4 is 9.84 Å². The molecule has 0 aliphatic heterocycles. The smallest absolute Gasteiger partial charge is 0.175 e. The molecule has 0 atom stereocenters. The maximum Gasteiger partial charge on any atom is 0.175 e. The minimum Gasteiger partial charge on any atom is -0.227 e. The van der Waals surface area contributed by atoms with Crippen LogP contribution in [0, 0.1) is 0 Å². The number of hydrogen-bond acceptors (Lipinski definition) is 4. The monoisotopic (exact) mass is 204 g/mol. The molecule has 1 fully saturated rings. The minimum absolute atomic E-state index is 0.131. The Kier molecular flexibility index (Phi) is 3.84. The second kappa shape index (κ2) is 4.69. The third-order valence-electron chi connectivity index (χ3n) is 2.44. The molecule has 0 saturated heterocycles. The summed E-state index contributed by atoms with van der Waals surface area (Å²) in [6, 6.07) is 0. The molecule has 1 saturated carbocycles. The highest BCUT2D eigenvalue weighted by Gasteiger charge is 2.26. The molecule has 0 radical (unpaired) electrons. The molecule has 5 heteroatoms. The average Bonchev–Trinajstić information content (AvgIpc) is 2.16. The van der Waals surface area contributed by atoms with Gasteiger partial charge in [0.15, 0.2) is 15.7 Å². The highest BCUT2D eigenvalue weighted by atomic mass is 32.2. The number of sulfone groups is 1. The van der Waals surface area contributed by atoms with Crippen LogP contribution in [0.3, 0.4) is 0 Å². The first kappa shape index (κ1) is 10.6. The van der Waals surface area contributed by atoms with Crippen LogP contribution in [0.2, 0.25) is 0 Å². The second-order valence-electron chi connectivity index (χ2n) is 3.39. The molecule has 0 N–H and O–H groups in total. The summed E-state index contributed by atoms with van der Waals surface area (Å²) in [6.45, 7) is 0. The van der Waals surface area contributed by atoms with E-state index < -0.39 is 9.84 Å². The van der Waals surface area contributed by atoms with E-state index in [1.807, 2.05) is 0 Å². The van der Waals surface area contributed by atoms with E-state index in [-0.39, 0.29) is 11.1 Å². The van der Waals surface area contributed by atoms with Gasteiger partial charge >= 0.3 is 0 Å². The van der Waals surface area contributed by atoms with E-state index in [0.29, 0.717) is 0 Å². The fourth-order valence-electron chi connectivity index (χ4n) is 1.67. The summed E-state index contributed by atoms with van der Waals surface area (Å²) >= 11 is 0. The van der Waals surface area contributed by atoms with Gasteiger partial charge in [-0.25, -0.2) is 8.42 Å². The van der Waals surface area contributed by atoms with Gasteiger partial charge in [-0.05, 0) is 12.8 Å². The van der Waals surface area contributed by atoms with Gasteiger partial charge in [-0.1, -0.05) is 19.3 Å². The molecular formula is C8H16N2O2S. The van der Waals surface area contributed by atoms with Crippen molar-refractivity contribution in [3.8, 4) is 0 Å². The maximum absolute atomic E-state index is 11.6. The van der Waals surface area contributed by atoms with Crippen molar-refractivity contribution in [3.05, 3.63) is 0 Å². The molecular weight excluding hydrogens is 188 g/mol. The summed E-state index contributed by atoms with van der Waals surface area (Å²) in [6.07, 6.45) is 4.85. The third-order valence-corrected chi connectivity index (χ3v) is 4.40. The molecule has 1 aliphatic carbocycles. The van der Waals surface area contributed by atoms with Gasteiger partial charge in [-0.15, -0.1) is 0 Å². The Balaban J connectivity index is 2.56. The van der Waals surface area contributed by atoms with Crippen molar-refractivity contribution in [1.82, 2.24) is 0 Å². The highest BCUT2D eigenvalue weighted by Crippen LogP contribution is 2.24. The Morgan fingerprint density at radius 2 is 1.85 bits per heavy atom. The molecule has 13 heavy (non-hydrogen) atoms. The van der Waals surface area contributed by atoms with Gasteiger partial charge in [-0.2, -0.15) is 10.2 Å². The molecule has 0 bridgehead atoms. The predicted octanol–water partition coefficient (Wildman–Crippen LogP) is 1.77. The second-order valence-corrected chi connectivity index (χ2v) is 5.64. The first-order valence-corrected chi connectivity index (χ1v) is 6.35. The lowest BCUT2D eigenvalue weighted by molar-refractivity contribution is 0.483. The van der Waals surface area contributed by atoms with E-state index in [1.165, 1.54) is 13.5 Å². The highest BCUT2D eigenvalue weighted by molar-refractivity contribution is 7.92. The Morgan fingerprint density at radius 1 is 1.23 bits per heavy atom. The predicted molar refractivity (Wildman–Crippen MR) is 51.4 cm³/mol. The number of hydrogen-bond donors (Lipinski definition) is 0. The van der Waals surface area contributed by atoms with Crippen molar-refractivity contribution in [2.24, 2.45) is 10.2 Å². The topological polar surface area (TPSA) is 58.9 Å². The van der Waals surface area contributed by atoms with Crippen LogP contribution in [-0.4, -0.2) is 26.6 Å². The van der Waals surface area contributed by atoms with Crippen molar-refractivity contribution in [1.29, 1.82) is 0 Å². The van der Waals surface area contributed by atoms with Crippen LogP contribution in [0.1, 0.15) is 32.1 Å². The largest absolute Gasteiger partial charge is 0.227 e. The summed E-state index contributed by atoms with van der Waals surface area (Å²) in [5.74, 6) is -0.131. The Hall–Kier alpha value is -0.450. The molecule has 0 unspecified atom stereocenters. The van der Waals surface area contributed by atoms with Gasteiger partial charge in [0.1, 0.15) is 0 Å². The third kappa shape index (κ3) is 3.06. The van der Waals surface area contributed by atoms with Gasteiger partial charge in [0, 0.05) is 7.05 Å². The molecule has 0 aromatic rings. The molecule has 0 heterocycles. The standard InChI is InChI=1S/C8H16N2O2S/c1-9-10-7-13(11,12)8-5-3-2-4-6-8/h8H,2-7H2,1H3. The van der Waals surface area contributed by atoms with E-state index in [4.69, 9.17) is 0 Å². The van der Waals surface area contributed by atoms with Gasteiger partial charge < -0.3 is 0 Å². The van der Waals surface area contributed by atoms with E-state index in [1.54, 1.807) is 0 Å². The summed E-state index contributed by atoms with van der Waals surface area (Å²) in [5.41, 5.74) is 0. The van der Waals surface area contributed by atoms with Crippen LogP contribution in [0.25, 0.3) is 0 Å². The molecule has 1 rings (SSSR count). The number of nitrogens with zero attached hydrogens (tertiary/aromatic N) is 2. The van der Waals surface area contributed by atoms with Crippen molar-refractivity contribution in [2.75, 3.05) is 12.9 Å². The van der Waals surface area contributed by atoms with Gasteiger partial charge in [0.25, 0.3) is 0 Å². The van der Waals surface area contributed by atoms with E-state index in [0.717, 1.165) is 25.7 Å². The lowest BCUT2D eigenvalue weighted by Gasteiger charge is -2.20. The molecule has 0 spiro atoms.